The molecule has 0 saturated carbocycles. The number of methoxy groups -OCH3 is 1. The van der Waals surface area contributed by atoms with Crippen molar-refractivity contribution in [3.8, 4) is 5.75 Å². The van der Waals surface area contributed by atoms with Crippen LogP contribution >= 0.6 is 11.8 Å². The quantitative estimate of drug-likeness (QED) is 0.184. The Bertz CT molecular complexity index is 1340. The summed E-state index contributed by atoms with van der Waals surface area (Å²) in [6.07, 6.45) is 0. The molecule has 14 heteroatoms. The number of nitro groups is 2. The van der Waals surface area contributed by atoms with E-state index in [0.717, 1.165) is 11.8 Å². The molecule has 1 aromatic heterocycles. The van der Waals surface area contributed by atoms with Crippen LogP contribution in [0, 0.1) is 33.0 Å². The van der Waals surface area contributed by atoms with E-state index >= 15 is 0 Å². The van der Waals surface area contributed by atoms with E-state index in [2.05, 4.69) is 15.5 Å². The molecule has 12 nitrogen and oxygen atoms in total. The third-order valence-electron chi connectivity index (χ3n) is 5.00. The van der Waals surface area contributed by atoms with Crippen LogP contribution in [0.4, 0.5) is 15.9 Å². The molecule has 3 rings (SSSR count). The second kappa shape index (κ2) is 11.4. The van der Waals surface area contributed by atoms with Crippen LogP contribution in [0.15, 0.2) is 52.6 Å². The molecule has 2 aromatic carbocycles. The molecule has 188 valence electrons. The van der Waals surface area contributed by atoms with Crippen LogP contribution in [0.3, 0.4) is 0 Å². The Morgan fingerprint density at radius 2 is 1.89 bits per heavy atom. The van der Waals surface area contributed by atoms with Crippen LogP contribution < -0.4 is 10.2 Å². The number of halogens is 1. The summed E-state index contributed by atoms with van der Waals surface area (Å²) in [6.45, 7) is 3.24. The van der Waals surface area contributed by atoms with Crippen molar-refractivity contribution in [1.29, 1.82) is 0 Å². The number of hydrazone groups is 1. The summed E-state index contributed by atoms with van der Waals surface area (Å²) in [5.41, 5.74) is 3.67. The summed E-state index contributed by atoms with van der Waals surface area (Å²) in [4.78, 5) is 38.0. The number of nitro benzene ring substituents is 1. The number of benzene rings is 2. The molecule has 0 aliphatic rings. The van der Waals surface area contributed by atoms with E-state index in [1.165, 1.54) is 48.1 Å². The van der Waals surface area contributed by atoms with E-state index in [9.17, 15) is 29.4 Å². The summed E-state index contributed by atoms with van der Waals surface area (Å²) in [6, 6.07) is 9.93. The van der Waals surface area contributed by atoms with Gasteiger partial charge in [0.05, 0.1) is 30.0 Å². The Kier molecular flexibility index (Phi) is 8.32. The fourth-order valence-electron chi connectivity index (χ4n) is 3.20. The van der Waals surface area contributed by atoms with Gasteiger partial charge in [-0.1, -0.05) is 30.0 Å². The summed E-state index contributed by atoms with van der Waals surface area (Å²) >= 11 is 0.887. The molecule has 1 N–H and O–H groups in total. The van der Waals surface area contributed by atoms with Gasteiger partial charge in [-0.2, -0.15) is 5.10 Å². The van der Waals surface area contributed by atoms with Crippen molar-refractivity contribution in [2.24, 2.45) is 5.10 Å². The van der Waals surface area contributed by atoms with Crippen molar-refractivity contribution in [2.45, 2.75) is 25.4 Å². The van der Waals surface area contributed by atoms with Crippen LogP contribution in [0.25, 0.3) is 0 Å². The van der Waals surface area contributed by atoms with E-state index in [0.29, 0.717) is 22.7 Å². The molecule has 3 aromatic rings. The van der Waals surface area contributed by atoms with Crippen LogP contribution in [0.5, 0.6) is 5.75 Å². The molecule has 0 saturated heterocycles. The third kappa shape index (κ3) is 6.21. The molecule has 0 bridgehead atoms. The zero-order chi connectivity index (χ0) is 26.4. The van der Waals surface area contributed by atoms with Crippen LogP contribution in [-0.4, -0.2) is 43.9 Å². The van der Waals surface area contributed by atoms with Crippen molar-refractivity contribution in [3.63, 3.8) is 0 Å². The van der Waals surface area contributed by atoms with Crippen molar-refractivity contribution in [2.75, 3.05) is 12.9 Å². The van der Waals surface area contributed by atoms with Gasteiger partial charge >= 0.3 is 11.5 Å². The van der Waals surface area contributed by atoms with Crippen LogP contribution in [0.2, 0.25) is 0 Å². The van der Waals surface area contributed by atoms with Gasteiger partial charge in [-0.05, 0) is 46.2 Å². The minimum absolute atomic E-state index is 0.0449. The first-order valence-electron chi connectivity index (χ1n) is 10.4. The summed E-state index contributed by atoms with van der Waals surface area (Å²) in [5, 5.41) is 27.0. The number of imidazole rings is 1. The molecule has 0 atom stereocenters. The van der Waals surface area contributed by atoms with Crippen molar-refractivity contribution >= 4 is 34.9 Å². The number of rotatable bonds is 10. The maximum Gasteiger partial charge on any atom is 0.396 e. The fraction of sp³-hybridized carbons (Fsp3) is 0.227. The fourth-order valence-corrected chi connectivity index (χ4v) is 4.14. The molecule has 36 heavy (non-hydrogen) atoms. The maximum atomic E-state index is 13.1. The highest BCUT2D eigenvalue weighted by Gasteiger charge is 2.27. The van der Waals surface area contributed by atoms with Gasteiger partial charge in [0, 0.05) is 13.0 Å². The number of aromatic nitrogens is 2. The molecule has 0 aliphatic heterocycles. The topological polar surface area (TPSA) is 155 Å². The molecule has 1 amide bonds. The number of thioether (sulfide) groups is 1. The van der Waals surface area contributed by atoms with Crippen molar-refractivity contribution in [3.05, 3.63) is 85.5 Å². The van der Waals surface area contributed by atoms with Gasteiger partial charge in [0.2, 0.25) is 11.7 Å². The lowest BCUT2D eigenvalue weighted by Gasteiger charge is -2.09. The average molecular weight is 517 g/mol. The number of amides is 1. The lowest BCUT2D eigenvalue weighted by Crippen LogP contribution is -2.21. The molecule has 0 spiro atoms. The number of carbonyl (C=O) groups is 1. The molecule has 0 unspecified atom stereocenters. The number of nitrogens with zero attached hydrogens (tertiary/aromatic N) is 5. The minimum atomic E-state index is -0.656. The predicted molar refractivity (Wildman–Crippen MR) is 130 cm³/mol. The zero-order valence-electron chi connectivity index (χ0n) is 19.4. The number of hydrogen-bond acceptors (Lipinski definition) is 9. The second-order valence-electron chi connectivity index (χ2n) is 7.42. The van der Waals surface area contributed by atoms with Gasteiger partial charge < -0.3 is 14.9 Å². The summed E-state index contributed by atoms with van der Waals surface area (Å²) in [7, 11) is 1.32. The molecule has 0 fully saturated rings. The second-order valence-corrected chi connectivity index (χ2v) is 8.39. The Labute approximate surface area is 208 Å². The SMILES string of the molecule is COc1ccc(Cn2c(C)nc([N+](=O)[O-])c2SCC(=O)N/N=C(\C)c2ccc(F)cc2)cc1[N+](=O)[O-]. The Morgan fingerprint density at radius 3 is 2.50 bits per heavy atom. The molecule has 0 radical (unpaired) electrons. The zero-order valence-corrected chi connectivity index (χ0v) is 20.2. The number of aryl methyl sites for hydroxylation is 1. The molecular formula is C22H21FN6O6S. The first-order chi connectivity index (χ1) is 17.1. The largest absolute Gasteiger partial charge is 0.490 e. The van der Waals surface area contributed by atoms with E-state index in [-0.39, 0.29) is 28.8 Å². The highest BCUT2D eigenvalue weighted by molar-refractivity contribution is 8.00. The lowest BCUT2D eigenvalue weighted by molar-refractivity contribution is -0.392. The summed E-state index contributed by atoms with van der Waals surface area (Å²) < 4.78 is 19.6. The predicted octanol–water partition coefficient (Wildman–Crippen LogP) is 3.84. The molecule has 1 heterocycles. The highest BCUT2D eigenvalue weighted by Crippen LogP contribution is 2.32. The third-order valence-corrected chi connectivity index (χ3v) is 6.08. The van der Waals surface area contributed by atoms with Crippen molar-refractivity contribution in [1.82, 2.24) is 15.0 Å². The standard InChI is InChI=1S/C22H21FN6O6S/c1-13(16-5-7-17(23)8-6-16)25-26-20(30)12-36-22-21(29(33)34)24-14(2)27(22)11-15-4-9-19(35-3)18(10-15)28(31)32/h4-10H,11-12H2,1-3H3,(H,26,30)/b25-13+. The lowest BCUT2D eigenvalue weighted by atomic mass is 10.1. The molecule has 0 aliphatic carbocycles. The van der Waals surface area contributed by atoms with E-state index in [4.69, 9.17) is 4.74 Å². The van der Waals surface area contributed by atoms with Gasteiger partial charge in [0.15, 0.2) is 10.8 Å². The smallest absolute Gasteiger partial charge is 0.396 e. The van der Waals surface area contributed by atoms with E-state index < -0.39 is 27.4 Å². The number of ether oxygens (including phenoxy) is 1. The Balaban J connectivity index is 1.79. The number of carbonyl (C=O) groups excluding carboxylic acids is 1. The number of hydrogen-bond donors (Lipinski definition) is 1. The van der Waals surface area contributed by atoms with Crippen LogP contribution in [-0.2, 0) is 11.3 Å². The van der Waals surface area contributed by atoms with Gasteiger partial charge in [-0.25, -0.2) is 9.82 Å². The maximum absolute atomic E-state index is 13.1. The van der Waals surface area contributed by atoms with Gasteiger partial charge in [0.1, 0.15) is 5.82 Å². The van der Waals surface area contributed by atoms with Crippen LogP contribution in [0.1, 0.15) is 23.9 Å². The first-order valence-corrected chi connectivity index (χ1v) is 11.3. The van der Waals surface area contributed by atoms with E-state index in [1.54, 1.807) is 19.9 Å². The Morgan fingerprint density at radius 1 is 1.19 bits per heavy atom. The minimum Gasteiger partial charge on any atom is -0.490 e. The number of nitrogens with one attached hydrogen (secondary N) is 1. The van der Waals surface area contributed by atoms with Gasteiger partial charge in [-0.3, -0.25) is 19.5 Å². The normalized spacial score (nSPS) is 11.3. The van der Waals surface area contributed by atoms with E-state index in [1.807, 2.05) is 0 Å². The van der Waals surface area contributed by atoms with Crippen molar-refractivity contribution < 1.29 is 23.8 Å². The Hall–Kier alpha value is -4.33. The first kappa shape index (κ1) is 26.3. The summed E-state index contributed by atoms with van der Waals surface area (Å²) in [5.74, 6) is -1.19. The van der Waals surface area contributed by atoms with Gasteiger partial charge in [-0.15, -0.1) is 0 Å². The van der Waals surface area contributed by atoms with Gasteiger partial charge in [0.25, 0.3) is 0 Å². The molecular weight excluding hydrogens is 495 g/mol. The highest BCUT2D eigenvalue weighted by atomic mass is 32.2. The monoisotopic (exact) mass is 516 g/mol. The average Bonchev–Trinajstić information content (AvgIpc) is 3.16.